The molecule has 9 amide bonds. The summed E-state index contributed by atoms with van der Waals surface area (Å²) in [7, 11) is 0. The van der Waals surface area contributed by atoms with Crippen LogP contribution < -0.4 is 64.0 Å². The van der Waals surface area contributed by atoms with Crippen molar-refractivity contribution in [3.05, 3.63) is 11.5 Å². The second kappa shape index (κ2) is 59.3. The van der Waals surface area contributed by atoms with E-state index in [1.165, 1.54) is 12.8 Å². The highest BCUT2D eigenvalue weighted by Gasteiger charge is 2.28. The van der Waals surface area contributed by atoms with Gasteiger partial charge in [-0.3, -0.25) is 47.9 Å². The number of unbranched alkanes of at least 4 members (excludes halogenated alkanes) is 4. The zero-order valence-corrected chi connectivity index (χ0v) is 59.9. The number of nitrogens with zero attached hydrogens (tertiary/aromatic N) is 2. The number of carbonyl (C=O) groups is 9. The average molecular weight is 1370 g/mol. The van der Waals surface area contributed by atoms with Crippen molar-refractivity contribution in [1.29, 1.82) is 0 Å². The molecule has 0 aliphatic heterocycles. The fourth-order valence-electron chi connectivity index (χ4n) is 8.56. The van der Waals surface area contributed by atoms with Crippen molar-refractivity contribution in [1.82, 2.24) is 52.6 Å². The van der Waals surface area contributed by atoms with E-state index in [1.807, 2.05) is 41.5 Å². The standard InChI is InChI=1S/C57H107N13O15.C8H17NS/c1-9-43(53(58)77)19-11-14-27-61-51(75)39-84-35-34-83-32-30-63-52(76)40-85-36-33-82-31-29-62-48(72)23-17-22-47(71)60-26-16-13-21-46(55(79)64-28-15-12-20-44(10-2)54(59)78)68-50(74)25-18-24-49(73)67-45(37-65-56(5,6)41(3)69-80)38-66-57(7,8)42(4)70-81;1-3-5-7-9-10-8-6-4-2/h43-46,65-66,80-81H,9-40H2,1-8H3,(H2,58,77)(H2,59,78)(H,60,71)(H,61,75)(H,62,72)(H,63,76)(H,64,79)(H,67,73)(H,68,74);6,8-9H,3-5,7H2,1-2H3/b69-41+,70-42+;/t43-,44-,46-;/m0./s1. The van der Waals surface area contributed by atoms with Crippen LogP contribution in [0.2, 0.25) is 0 Å². The zero-order chi connectivity index (χ0) is 71.6. The largest absolute Gasteiger partial charge is 0.411 e. The van der Waals surface area contributed by atoms with Crippen LogP contribution in [-0.2, 0) is 62.1 Å². The fourth-order valence-corrected chi connectivity index (χ4v) is 9.20. The molecule has 550 valence electrons. The van der Waals surface area contributed by atoms with E-state index in [1.54, 1.807) is 25.8 Å². The second-order valence-electron chi connectivity index (χ2n) is 24.1. The molecule has 0 saturated heterocycles. The molecule has 0 spiro atoms. The number of carbonyl (C=O) groups excluding carboxylic acids is 9. The van der Waals surface area contributed by atoms with Crippen molar-refractivity contribution in [3.63, 3.8) is 0 Å². The van der Waals surface area contributed by atoms with Gasteiger partial charge in [0.25, 0.3) is 0 Å². The van der Waals surface area contributed by atoms with Crippen LogP contribution in [0.4, 0.5) is 0 Å². The molecular weight excluding hydrogens is 1250 g/mol. The molecule has 0 saturated carbocycles. The van der Waals surface area contributed by atoms with E-state index in [0.717, 1.165) is 25.8 Å². The molecule has 30 heteroatoms. The van der Waals surface area contributed by atoms with Crippen molar-refractivity contribution in [3.8, 4) is 0 Å². The van der Waals surface area contributed by atoms with Crippen LogP contribution in [0.3, 0.4) is 0 Å². The summed E-state index contributed by atoms with van der Waals surface area (Å²) in [5, 5.41) is 53.7. The minimum atomic E-state index is -0.877. The Labute approximate surface area is 570 Å². The first-order valence-electron chi connectivity index (χ1n) is 34.1. The van der Waals surface area contributed by atoms with Gasteiger partial charge in [-0.05, 0) is 130 Å². The molecule has 0 aromatic heterocycles. The quantitative estimate of drug-likeness (QED) is 0.0135. The Balaban J connectivity index is 0. The van der Waals surface area contributed by atoms with E-state index in [0.29, 0.717) is 88.8 Å². The van der Waals surface area contributed by atoms with Crippen molar-refractivity contribution < 1.29 is 72.5 Å². The summed E-state index contributed by atoms with van der Waals surface area (Å²) in [5.41, 5.74) is 10.3. The van der Waals surface area contributed by atoms with Crippen molar-refractivity contribution in [2.45, 2.75) is 221 Å². The molecule has 0 heterocycles. The van der Waals surface area contributed by atoms with E-state index in [2.05, 4.69) is 88.2 Å². The smallest absolute Gasteiger partial charge is 0.246 e. The highest BCUT2D eigenvalue weighted by molar-refractivity contribution is 8.00. The molecule has 0 aromatic carbocycles. The van der Waals surface area contributed by atoms with Gasteiger partial charge < -0.3 is 88.7 Å². The molecule has 0 aromatic rings. The maximum absolute atomic E-state index is 13.4. The lowest BCUT2D eigenvalue weighted by Gasteiger charge is -2.32. The van der Waals surface area contributed by atoms with Gasteiger partial charge in [-0.15, -0.1) is 0 Å². The number of ether oxygens (including phenoxy) is 4. The van der Waals surface area contributed by atoms with E-state index in [9.17, 15) is 53.6 Å². The Bertz CT molecular complexity index is 2200. The van der Waals surface area contributed by atoms with Crippen LogP contribution in [0.1, 0.15) is 198 Å². The Hall–Kier alpha value is -6.02. The highest BCUT2D eigenvalue weighted by Crippen LogP contribution is 2.14. The van der Waals surface area contributed by atoms with Crippen LogP contribution in [0.15, 0.2) is 21.8 Å². The van der Waals surface area contributed by atoms with E-state index in [4.69, 9.17) is 30.4 Å². The van der Waals surface area contributed by atoms with Gasteiger partial charge in [-0.2, -0.15) is 0 Å². The number of primary amides is 2. The lowest BCUT2D eigenvalue weighted by Crippen LogP contribution is -2.57. The summed E-state index contributed by atoms with van der Waals surface area (Å²) in [6.07, 6.45) is 13.3. The summed E-state index contributed by atoms with van der Waals surface area (Å²) in [6, 6.07) is -1.33. The number of hydrogen-bond donors (Lipinski definition) is 14. The molecule has 0 bridgehead atoms. The number of amides is 9. The maximum atomic E-state index is 13.4. The molecule has 0 radical (unpaired) electrons. The molecule has 3 atom stereocenters. The van der Waals surface area contributed by atoms with Crippen molar-refractivity contribution in [2.24, 2.45) is 33.6 Å². The lowest BCUT2D eigenvalue weighted by atomic mass is 9.98. The third-order valence-corrected chi connectivity index (χ3v) is 16.1. The van der Waals surface area contributed by atoms with Gasteiger partial charge in [0, 0.05) is 89.9 Å². The van der Waals surface area contributed by atoms with Gasteiger partial charge in [-0.1, -0.05) is 75.3 Å². The summed E-state index contributed by atoms with van der Waals surface area (Å²) in [6.45, 7) is 23.2. The van der Waals surface area contributed by atoms with E-state index in [-0.39, 0.29) is 177 Å². The molecule has 0 unspecified atom stereocenters. The summed E-state index contributed by atoms with van der Waals surface area (Å²) in [4.78, 5) is 111. The van der Waals surface area contributed by atoms with Crippen LogP contribution in [0.5, 0.6) is 0 Å². The SMILES string of the molecule is CCC=CSNCCCC.CC[C@@H](CCCCNC(=O)COCCOCCNC(=O)COCCOCCNC(=O)CCCC(=O)NCCCC[C@H](NC(=O)CCCC(=O)NC(CNC(C)(C)/C(C)=N/O)CNC(C)(C)/C(C)=N/O)C(=O)NCCCC[C@H](CC)C(N)=O)C(N)=O. The first kappa shape index (κ1) is 91.0. The molecule has 29 nitrogen and oxygen atoms in total. The van der Waals surface area contributed by atoms with Crippen molar-refractivity contribution in [2.75, 3.05) is 105 Å². The number of nitrogens with one attached hydrogen (secondary N) is 10. The maximum Gasteiger partial charge on any atom is 0.246 e. The van der Waals surface area contributed by atoms with Gasteiger partial charge in [0.2, 0.25) is 53.2 Å². The minimum Gasteiger partial charge on any atom is -0.411 e. The second-order valence-corrected chi connectivity index (χ2v) is 24.9. The van der Waals surface area contributed by atoms with Gasteiger partial charge in [0.05, 0.1) is 68.2 Å². The minimum absolute atomic E-state index is 0.0186. The normalized spacial score (nSPS) is 12.9. The van der Waals surface area contributed by atoms with Crippen LogP contribution in [0.25, 0.3) is 0 Å². The lowest BCUT2D eigenvalue weighted by molar-refractivity contribution is -0.129. The van der Waals surface area contributed by atoms with Gasteiger partial charge in [-0.25, -0.2) is 0 Å². The Morgan fingerprint density at radius 3 is 1.34 bits per heavy atom. The summed E-state index contributed by atoms with van der Waals surface area (Å²) >= 11 is 1.69. The number of rotatable bonds is 60. The number of oxime groups is 2. The first-order chi connectivity index (χ1) is 45.3. The van der Waals surface area contributed by atoms with Gasteiger partial charge >= 0.3 is 0 Å². The van der Waals surface area contributed by atoms with Crippen LogP contribution in [0, 0.1) is 11.8 Å². The zero-order valence-electron chi connectivity index (χ0n) is 59.1. The van der Waals surface area contributed by atoms with E-state index < -0.39 is 29.1 Å². The monoisotopic (exact) mass is 1370 g/mol. The highest BCUT2D eigenvalue weighted by atomic mass is 32.2. The molecule has 0 fully saturated rings. The van der Waals surface area contributed by atoms with Gasteiger partial charge in [0.15, 0.2) is 0 Å². The first-order valence-corrected chi connectivity index (χ1v) is 35.0. The Morgan fingerprint density at radius 2 is 0.895 bits per heavy atom. The predicted molar refractivity (Wildman–Crippen MR) is 371 cm³/mol. The Morgan fingerprint density at radius 1 is 0.484 bits per heavy atom. The fraction of sp³-hybridized carbons (Fsp3) is 0.800. The third kappa shape index (κ3) is 52.8. The predicted octanol–water partition coefficient (Wildman–Crippen LogP) is 3.86. The molecule has 0 rings (SSSR count). The molecule has 0 aliphatic carbocycles. The Kier molecular flexibility index (Phi) is 56.8. The molecule has 16 N–H and O–H groups in total. The van der Waals surface area contributed by atoms with Crippen molar-refractivity contribution >= 4 is 76.5 Å². The topological polar surface area (TPSA) is 428 Å². The summed E-state index contributed by atoms with van der Waals surface area (Å²) in [5.74, 6) is -3.15. The third-order valence-electron chi connectivity index (χ3n) is 15.4. The number of nitrogens with two attached hydrogens (primary N) is 2. The number of hydrogen-bond acceptors (Lipinski definition) is 21. The van der Waals surface area contributed by atoms with Crippen LogP contribution in [-0.4, -0.2) is 203 Å². The number of allylic oxidation sites excluding steroid dienone is 1. The molecular formula is C65H124N14O15S. The molecule has 95 heavy (non-hydrogen) atoms. The molecule has 0 aliphatic rings. The van der Waals surface area contributed by atoms with Gasteiger partial charge in [0.1, 0.15) is 19.3 Å². The van der Waals surface area contributed by atoms with Crippen LogP contribution >= 0.6 is 11.9 Å². The van der Waals surface area contributed by atoms with E-state index >= 15 is 0 Å². The summed E-state index contributed by atoms with van der Waals surface area (Å²) < 4.78 is 24.7. The average Bonchev–Trinajstić information content (AvgIpc) is 1.01.